The van der Waals surface area contributed by atoms with Gasteiger partial charge in [-0.05, 0) is 55.9 Å². The molecule has 0 saturated carbocycles. The average Bonchev–Trinajstić information content (AvgIpc) is 2.61. The van der Waals surface area contributed by atoms with Crippen LogP contribution in [0.2, 0.25) is 0 Å². The summed E-state index contributed by atoms with van der Waals surface area (Å²) in [6.45, 7) is 7.13. The van der Waals surface area contributed by atoms with Gasteiger partial charge in [-0.1, -0.05) is 48.5 Å². The molecule has 0 heterocycles. The number of fused-ring (bicyclic) bond motifs is 2. The molecule has 110 valence electrons. The van der Waals surface area contributed by atoms with Crippen LogP contribution in [-0.2, 0) is 17.6 Å². The largest absolute Gasteiger partial charge is 0.375 e. The van der Waals surface area contributed by atoms with Crippen molar-refractivity contribution in [3.05, 3.63) is 70.8 Å². The molecule has 0 aliphatic heterocycles. The minimum absolute atomic E-state index is 0.101. The molecule has 2 aromatic rings. The lowest BCUT2D eigenvalue weighted by Crippen LogP contribution is -2.23. The SMILES string of the molecule is CC(C)(C)OCC1c2ccccc2CCc2ccccc21. The van der Waals surface area contributed by atoms with E-state index in [0.29, 0.717) is 5.92 Å². The first-order valence-electron chi connectivity index (χ1n) is 7.84. The molecule has 0 spiro atoms. The first-order chi connectivity index (χ1) is 10.0. The van der Waals surface area contributed by atoms with E-state index in [-0.39, 0.29) is 5.60 Å². The quantitative estimate of drug-likeness (QED) is 0.772. The first-order valence-corrected chi connectivity index (χ1v) is 7.84. The molecule has 1 aliphatic rings. The zero-order valence-corrected chi connectivity index (χ0v) is 13.2. The maximum atomic E-state index is 6.14. The third-order valence-electron chi connectivity index (χ3n) is 4.21. The summed E-state index contributed by atoms with van der Waals surface area (Å²) < 4.78 is 6.14. The molecule has 0 atom stereocenters. The molecular formula is C20H24O. The highest BCUT2D eigenvalue weighted by Crippen LogP contribution is 2.35. The lowest BCUT2D eigenvalue weighted by Gasteiger charge is -2.26. The van der Waals surface area contributed by atoms with E-state index >= 15 is 0 Å². The van der Waals surface area contributed by atoms with Crippen molar-refractivity contribution in [2.75, 3.05) is 6.61 Å². The smallest absolute Gasteiger partial charge is 0.0598 e. The Kier molecular flexibility index (Phi) is 3.86. The van der Waals surface area contributed by atoms with Gasteiger partial charge in [0, 0.05) is 5.92 Å². The summed E-state index contributed by atoms with van der Waals surface area (Å²) in [5.74, 6) is 0.346. The Morgan fingerprint density at radius 3 is 1.81 bits per heavy atom. The van der Waals surface area contributed by atoms with Gasteiger partial charge < -0.3 is 4.74 Å². The number of rotatable bonds is 2. The Morgan fingerprint density at radius 1 is 0.857 bits per heavy atom. The number of ether oxygens (including phenoxy) is 1. The maximum Gasteiger partial charge on any atom is 0.0598 e. The van der Waals surface area contributed by atoms with Crippen molar-refractivity contribution in [2.24, 2.45) is 0 Å². The summed E-state index contributed by atoms with van der Waals surface area (Å²) in [5, 5.41) is 0. The van der Waals surface area contributed by atoms with Crippen LogP contribution in [0.4, 0.5) is 0 Å². The molecule has 2 aromatic carbocycles. The van der Waals surface area contributed by atoms with Crippen molar-refractivity contribution in [3.63, 3.8) is 0 Å². The maximum absolute atomic E-state index is 6.14. The molecule has 1 nitrogen and oxygen atoms in total. The fraction of sp³-hybridized carbons (Fsp3) is 0.400. The van der Waals surface area contributed by atoms with Crippen molar-refractivity contribution in [3.8, 4) is 0 Å². The summed E-state index contributed by atoms with van der Waals surface area (Å²) in [6.07, 6.45) is 2.25. The van der Waals surface area contributed by atoms with E-state index in [2.05, 4.69) is 69.3 Å². The standard InChI is InChI=1S/C20H24O/c1-20(2,3)21-14-19-17-10-6-4-8-15(17)12-13-16-9-5-7-11-18(16)19/h4-11,19H,12-14H2,1-3H3. The first kappa shape index (κ1) is 14.3. The summed E-state index contributed by atoms with van der Waals surface area (Å²) in [6, 6.07) is 17.7. The van der Waals surface area contributed by atoms with Crippen molar-refractivity contribution in [1.82, 2.24) is 0 Å². The lowest BCUT2D eigenvalue weighted by molar-refractivity contribution is -0.00671. The van der Waals surface area contributed by atoms with Crippen LogP contribution in [0.3, 0.4) is 0 Å². The Hall–Kier alpha value is -1.60. The minimum atomic E-state index is -0.101. The fourth-order valence-electron chi connectivity index (χ4n) is 3.15. The third-order valence-corrected chi connectivity index (χ3v) is 4.21. The van der Waals surface area contributed by atoms with E-state index in [1.165, 1.54) is 22.3 Å². The minimum Gasteiger partial charge on any atom is -0.375 e. The van der Waals surface area contributed by atoms with Gasteiger partial charge in [0.2, 0.25) is 0 Å². The summed E-state index contributed by atoms with van der Waals surface area (Å²) in [5.41, 5.74) is 5.71. The van der Waals surface area contributed by atoms with Gasteiger partial charge in [-0.25, -0.2) is 0 Å². The van der Waals surface area contributed by atoms with E-state index in [0.717, 1.165) is 19.4 Å². The predicted octanol–water partition coefficient (Wildman–Crippen LogP) is 4.73. The van der Waals surface area contributed by atoms with Gasteiger partial charge in [-0.15, -0.1) is 0 Å². The van der Waals surface area contributed by atoms with Gasteiger partial charge in [-0.2, -0.15) is 0 Å². The van der Waals surface area contributed by atoms with Crippen LogP contribution in [0, 0.1) is 0 Å². The highest BCUT2D eigenvalue weighted by atomic mass is 16.5. The van der Waals surface area contributed by atoms with Crippen LogP contribution in [-0.4, -0.2) is 12.2 Å². The molecule has 0 unspecified atom stereocenters. The normalized spacial score (nSPS) is 15.2. The van der Waals surface area contributed by atoms with E-state index in [1.807, 2.05) is 0 Å². The Balaban J connectivity index is 2.02. The molecular weight excluding hydrogens is 256 g/mol. The highest BCUT2D eigenvalue weighted by molar-refractivity contribution is 5.44. The third kappa shape index (κ3) is 3.19. The van der Waals surface area contributed by atoms with Crippen LogP contribution >= 0.6 is 0 Å². The predicted molar refractivity (Wildman–Crippen MR) is 87.8 cm³/mol. The second-order valence-electron chi connectivity index (χ2n) is 6.87. The Bertz CT molecular complexity index is 574. The molecule has 1 aliphatic carbocycles. The lowest BCUT2D eigenvalue weighted by atomic mass is 9.88. The Morgan fingerprint density at radius 2 is 1.33 bits per heavy atom. The van der Waals surface area contributed by atoms with E-state index in [9.17, 15) is 0 Å². The van der Waals surface area contributed by atoms with Gasteiger partial charge in [0.15, 0.2) is 0 Å². The average molecular weight is 280 g/mol. The van der Waals surface area contributed by atoms with Gasteiger partial charge in [0.05, 0.1) is 12.2 Å². The van der Waals surface area contributed by atoms with Gasteiger partial charge in [-0.3, -0.25) is 0 Å². The zero-order chi connectivity index (χ0) is 14.9. The molecule has 0 amide bonds. The van der Waals surface area contributed by atoms with Crippen molar-refractivity contribution < 1.29 is 4.74 Å². The van der Waals surface area contributed by atoms with Crippen LogP contribution < -0.4 is 0 Å². The zero-order valence-electron chi connectivity index (χ0n) is 13.2. The van der Waals surface area contributed by atoms with Crippen molar-refractivity contribution in [2.45, 2.75) is 45.1 Å². The van der Waals surface area contributed by atoms with Crippen LogP contribution in [0.15, 0.2) is 48.5 Å². The molecule has 0 N–H and O–H groups in total. The van der Waals surface area contributed by atoms with Gasteiger partial charge in [0.25, 0.3) is 0 Å². The number of benzene rings is 2. The summed E-state index contributed by atoms with van der Waals surface area (Å²) >= 11 is 0. The summed E-state index contributed by atoms with van der Waals surface area (Å²) in [7, 11) is 0. The molecule has 0 fully saturated rings. The second-order valence-corrected chi connectivity index (χ2v) is 6.87. The van der Waals surface area contributed by atoms with E-state index in [4.69, 9.17) is 4.74 Å². The van der Waals surface area contributed by atoms with Gasteiger partial charge in [0.1, 0.15) is 0 Å². The topological polar surface area (TPSA) is 9.23 Å². The number of hydrogen-bond donors (Lipinski definition) is 0. The molecule has 0 bridgehead atoms. The molecule has 0 aromatic heterocycles. The van der Waals surface area contributed by atoms with Crippen molar-refractivity contribution >= 4 is 0 Å². The van der Waals surface area contributed by atoms with Crippen molar-refractivity contribution in [1.29, 1.82) is 0 Å². The van der Waals surface area contributed by atoms with Crippen LogP contribution in [0.5, 0.6) is 0 Å². The Labute approximate surface area is 128 Å². The van der Waals surface area contributed by atoms with E-state index < -0.39 is 0 Å². The fourth-order valence-corrected chi connectivity index (χ4v) is 3.15. The van der Waals surface area contributed by atoms with E-state index in [1.54, 1.807) is 0 Å². The molecule has 3 rings (SSSR count). The molecule has 0 radical (unpaired) electrons. The number of aryl methyl sites for hydroxylation is 2. The molecule has 0 saturated heterocycles. The number of hydrogen-bond acceptors (Lipinski definition) is 1. The second kappa shape index (κ2) is 5.65. The monoisotopic (exact) mass is 280 g/mol. The van der Waals surface area contributed by atoms with Crippen LogP contribution in [0.1, 0.15) is 48.9 Å². The molecule has 21 heavy (non-hydrogen) atoms. The molecule has 1 heteroatoms. The van der Waals surface area contributed by atoms with Crippen LogP contribution in [0.25, 0.3) is 0 Å². The van der Waals surface area contributed by atoms with Gasteiger partial charge >= 0.3 is 0 Å². The summed E-state index contributed by atoms with van der Waals surface area (Å²) in [4.78, 5) is 0. The highest BCUT2D eigenvalue weighted by Gasteiger charge is 2.25.